The van der Waals surface area contributed by atoms with Gasteiger partial charge < -0.3 is 15.4 Å². The highest BCUT2D eigenvalue weighted by molar-refractivity contribution is 14.0. The fourth-order valence-electron chi connectivity index (χ4n) is 4.28. The van der Waals surface area contributed by atoms with Crippen molar-refractivity contribution in [2.45, 2.75) is 55.0 Å². The van der Waals surface area contributed by atoms with Crippen LogP contribution in [0.15, 0.2) is 29.3 Å². The summed E-state index contributed by atoms with van der Waals surface area (Å²) >= 11 is 1.90. The van der Waals surface area contributed by atoms with Crippen LogP contribution in [-0.2, 0) is 16.3 Å². The Morgan fingerprint density at radius 1 is 1.27 bits per heavy atom. The summed E-state index contributed by atoms with van der Waals surface area (Å²) in [6, 6.07) is 6.12. The van der Waals surface area contributed by atoms with Gasteiger partial charge in [0.15, 0.2) is 5.96 Å². The van der Waals surface area contributed by atoms with Gasteiger partial charge in [-0.3, -0.25) is 4.99 Å². The summed E-state index contributed by atoms with van der Waals surface area (Å²) in [4.78, 5) is 4.34. The fraction of sp³-hybridized carbons (Fsp3) is 0.667. The molecular formula is C21H31F3IN3OS. The van der Waals surface area contributed by atoms with Crippen molar-refractivity contribution in [1.29, 1.82) is 0 Å². The average Bonchev–Trinajstić information content (AvgIpc) is 3.19. The zero-order valence-electron chi connectivity index (χ0n) is 17.4. The maximum absolute atomic E-state index is 13.2. The van der Waals surface area contributed by atoms with Gasteiger partial charge in [0.2, 0.25) is 0 Å². The number of hydrogen-bond donors (Lipinski definition) is 2. The van der Waals surface area contributed by atoms with E-state index >= 15 is 0 Å². The maximum atomic E-state index is 13.2. The molecule has 0 aromatic heterocycles. The Kier molecular flexibility index (Phi) is 9.60. The van der Waals surface area contributed by atoms with E-state index in [0.29, 0.717) is 49.5 Å². The van der Waals surface area contributed by atoms with E-state index in [0.717, 1.165) is 24.9 Å². The van der Waals surface area contributed by atoms with Gasteiger partial charge in [0.25, 0.3) is 0 Å². The predicted molar refractivity (Wildman–Crippen MR) is 128 cm³/mol. The molecule has 1 aliphatic heterocycles. The number of guanidine groups is 1. The number of ether oxygens (including phenoxy) is 1. The molecule has 9 heteroatoms. The Morgan fingerprint density at radius 2 is 2.00 bits per heavy atom. The van der Waals surface area contributed by atoms with Gasteiger partial charge in [0.1, 0.15) is 0 Å². The number of alkyl halides is 3. The van der Waals surface area contributed by atoms with E-state index in [1.54, 1.807) is 13.1 Å². The number of hydrogen-bond acceptors (Lipinski definition) is 3. The van der Waals surface area contributed by atoms with Crippen LogP contribution in [-0.4, -0.2) is 50.3 Å². The molecule has 2 atom stereocenters. The lowest BCUT2D eigenvalue weighted by molar-refractivity contribution is -0.137. The van der Waals surface area contributed by atoms with E-state index in [-0.39, 0.29) is 24.0 Å². The van der Waals surface area contributed by atoms with Crippen molar-refractivity contribution in [3.05, 3.63) is 35.4 Å². The standard InChI is InChI=1S/C21H30F3N3OS.HI/c1-25-19(27-17-6-7-18(13-17)29-2)26-14-20(8-10-28-11-9-20)15-4-3-5-16(12-15)21(22,23)24;/h3-5,12,17-18H,6-11,13-14H2,1-2H3,(H2,25,26,27);1H. The van der Waals surface area contributed by atoms with Crippen LogP contribution < -0.4 is 10.6 Å². The Morgan fingerprint density at radius 3 is 2.60 bits per heavy atom. The second-order valence-electron chi connectivity index (χ2n) is 7.91. The minimum Gasteiger partial charge on any atom is -0.381 e. The van der Waals surface area contributed by atoms with Crippen molar-refractivity contribution in [1.82, 2.24) is 10.6 Å². The van der Waals surface area contributed by atoms with Gasteiger partial charge in [-0.1, -0.05) is 18.2 Å². The number of rotatable bonds is 5. The fourth-order valence-corrected chi connectivity index (χ4v) is 5.08. The largest absolute Gasteiger partial charge is 0.416 e. The van der Waals surface area contributed by atoms with Gasteiger partial charge in [-0.25, -0.2) is 0 Å². The Balaban J connectivity index is 0.00000320. The highest BCUT2D eigenvalue weighted by Gasteiger charge is 2.37. The molecule has 2 aliphatic rings. The number of nitrogens with zero attached hydrogens (tertiary/aromatic N) is 1. The van der Waals surface area contributed by atoms with E-state index in [4.69, 9.17) is 4.74 Å². The molecule has 0 bridgehead atoms. The van der Waals surface area contributed by atoms with Crippen LogP contribution in [0.4, 0.5) is 13.2 Å². The first-order valence-corrected chi connectivity index (χ1v) is 11.4. The lowest BCUT2D eigenvalue weighted by atomic mass is 9.73. The molecule has 1 saturated heterocycles. The minimum absolute atomic E-state index is 0. The molecule has 3 rings (SSSR count). The zero-order chi connectivity index (χ0) is 20.9. The van der Waals surface area contributed by atoms with Crippen molar-refractivity contribution in [3.63, 3.8) is 0 Å². The third kappa shape index (κ3) is 6.41. The molecule has 2 fully saturated rings. The van der Waals surface area contributed by atoms with Gasteiger partial charge in [0, 0.05) is 43.5 Å². The third-order valence-electron chi connectivity index (χ3n) is 6.13. The quantitative estimate of drug-likeness (QED) is 0.310. The number of aliphatic imine (C=N–C) groups is 1. The third-order valence-corrected chi connectivity index (χ3v) is 7.22. The molecule has 1 aromatic carbocycles. The van der Waals surface area contributed by atoms with Crippen LogP contribution in [0.3, 0.4) is 0 Å². The summed E-state index contributed by atoms with van der Waals surface area (Å²) in [5.41, 5.74) is -0.298. The smallest absolute Gasteiger partial charge is 0.381 e. The molecule has 1 heterocycles. The summed E-state index contributed by atoms with van der Waals surface area (Å²) in [6.07, 6.45) is 2.56. The van der Waals surface area contributed by atoms with Gasteiger partial charge in [-0.2, -0.15) is 24.9 Å². The van der Waals surface area contributed by atoms with Gasteiger partial charge >= 0.3 is 6.18 Å². The van der Waals surface area contributed by atoms with Gasteiger partial charge in [-0.15, -0.1) is 24.0 Å². The summed E-state index contributed by atoms with van der Waals surface area (Å²) in [6.45, 7) is 1.61. The molecule has 170 valence electrons. The van der Waals surface area contributed by atoms with E-state index in [9.17, 15) is 13.2 Å². The molecule has 1 aliphatic carbocycles. The van der Waals surface area contributed by atoms with Crippen molar-refractivity contribution < 1.29 is 17.9 Å². The summed E-state index contributed by atoms with van der Waals surface area (Å²) in [7, 11) is 1.73. The van der Waals surface area contributed by atoms with Crippen molar-refractivity contribution in [3.8, 4) is 0 Å². The molecule has 0 spiro atoms. The van der Waals surface area contributed by atoms with E-state index in [1.807, 2.05) is 11.8 Å². The summed E-state index contributed by atoms with van der Waals surface area (Å²) in [5, 5.41) is 7.56. The first kappa shape index (κ1) is 25.6. The molecule has 30 heavy (non-hydrogen) atoms. The van der Waals surface area contributed by atoms with E-state index in [1.165, 1.54) is 18.6 Å². The molecular weight excluding hydrogens is 526 g/mol. The molecule has 0 amide bonds. The number of nitrogens with one attached hydrogen (secondary N) is 2. The maximum Gasteiger partial charge on any atom is 0.416 e. The zero-order valence-corrected chi connectivity index (χ0v) is 20.6. The summed E-state index contributed by atoms with van der Waals surface area (Å²) in [5.74, 6) is 0.717. The second kappa shape index (κ2) is 11.3. The van der Waals surface area contributed by atoms with Crippen LogP contribution >= 0.6 is 35.7 Å². The molecule has 4 nitrogen and oxygen atoms in total. The highest BCUT2D eigenvalue weighted by atomic mass is 127. The first-order valence-electron chi connectivity index (χ1n) is 10.1. The van der Waals surface area contributed by atoms with Crippen molar-refractivity contribution in [2.75, 3.05) is 33.1 Å². The monoisotopic (exact) mass is 557 g/mol. The Hall–Kier alpha value is -0.680. The molecule has 1 aromatic rings. The molecule has 1 saturated carbocycles. The van der Waals surface area contributed by atoms with Crippen LogP contribution in [0.1, 0.15) is 43.2 Å². The van der Waals surface area contributed by atoms with Crippen LogP contribution in [0, 0.1) is 0 Å². The lowest BCUT2D eigenvalue weighted by Crippen LogP contribution is -2.49. The normalized spacial score (nSPS) is 24.2. The second-order valence-corrected chi connectivity index (χ2v) is 9.05. The average molecular weight is 557 g/mol. The van der Waals surface area contributed by atoms with Gasteiger partial charge in [-0.05, 0) is 50.0 Å². The number of thioether (sulfide) groups is 1. The van der Waals surface area contributed by atoms with Crippen molar-refractivity contribution in [2.24, 2.45) is 4.99 Å². The van der Waals surface area contributed by atoms with E-state index < -0.39 is 17.2 Å². The summed E-state index contributed by atoms with van der Waals surface area (Å²) < 4.78 is 45.2. The molecule has 0 radical (unpaired) electrons. The minimum atomic E-state index is -4.34. The topological polar surface area (TPSA) is 45.7 Å². The van der Waals surface area contributed by atoms with Crippen LogP contribution in [0.25, 0.3) is 0 Å². The Bertz CT molecular complexity index is 711. The number of halogens is 4. The van der Waals surface area contributed by atoms with Gasteiger partial charge in [0.05, 0.1) is 5.56 Å². The van der Waals surface area contributed by atoms with Crippen LogP contribution in [0.5, 0.6) is 0 Å². The number of benzene rings is 1. The van der Waals surface area contributed by atoms with E-state index in [2.05, 4.69) is 21.9 Å². The molecule has 2 unspecified atom stereocenters. The SMILES string of the molecule is CN=C(NCC1(c2cccc(C(F)(F)F)c2)CCOCC1)NC1CCC(SC)C1.I. The highest BCUT2D eigenvalue weighted by Crippen LogP contribution is 2.38. The predicted octanol–water partition coefficient (Wildman–Crippen LogP) is 4.82. The van der Waals surface area contributed by atoms with Crippen LogP contribution in [0.2, 0.25) is 0 Å². The lowest BCUT2D eigenvalue weighted by Gasteiger charge is -2.38. The molecule has 2 N–H and O–H groups in total. The Labute approximate surface area is 198 Å². The van der Waals surface area contributed by atoms with Crippen molar-refractivity contribution >= 4 is 41.7 Å². The first-order chi connectivity index (χ1) is 13.9.